The van der Waals surface area contributed by atoms with Crippen LogP contribution in [0.25, 0.3) is 0 Å². The number of rotatable bonds is 7. The maximum absolute atomic E-state index is 5.21. The summed E-state index contributed by atoms with van der Waals surface area (Å²) in [4.78, 5) is 4.12. The standard InChI is InChI=1S/C15H23N3O/c1-4-10-17-15(16-2)18-11-6-8-13-7-5-9-14(12-13)19-3/h4-5,7,9,12H,1,6,8,10-11H2,2-3H3,(H2,16,17,18). The highest BCUT2D eigenvalue weighted by atomic mass is 16.5. The molecule has 1 aromatic carbocycles. The van der Waals surface area contributed by atoms with Crippen molar-refractivity contribution in [3.8, 4) is 5.75 Å². The number of aryl methyl sites for hydroxylation is 1. The van der Waals surface area contributed by atoms with Crippen molar-refractivity contribution in [1.82, 2.24) is 10.6 Å². The van der Waals surface area contributed by atoms with Crippen LogP contribution in [0, 0.1) is 0 Å². The summed E-state index contributed by atoms with van der Waals surface area (Å²) in [6.07, 6.45) is 3.87. The topological polar surface area (TPSA) is 45.7 Å². The highest BCUT2D eigenvalue weighted by Crippen LogP contribution is 2.13. The average molecular weight is 261 g/mol. The Balaban J connectivity index is 2.27. The van der Waals surface area contributed by atoms with Crippen LogP contribution in [0.4, 0.5) is 0 Å². The van der Waals surface area contributed by atoms with E-state index in [1.807, 2.05) is 18.2 Å². The van der Waals surface area contributed by atoms with Gasteiger partial charge in [-0.15, -0.1) is 6.58 Å². The summed E-state index contributed by atoms with van der Waals surface area (Å²) < 4.78 is 5.21. The van der Waals surface area contributed by atoms with E-state index in [0.29, 0.717) is 0 Å². The molecule has 19 heavy (non-hydrogen) atoms. The maximum Gasteiger partial charge on any atom is 0.191 e. The highest BCUT2D eigenvalue weighted by molar-refractivity contribution is 5.79. The maximum atomic E-state index is 5.21. The number of ether oxygens (including phenoxy) is 1. The van der Waals surface area contributed by atoms with Gasteiger partial charge in [-0.05, 0) is 30.5 Å². The Labute approximate surface area is 115 Å². The molecule has 0 aromatic heterocycles. The number of methoxy groups -OCH3 is 1. The molecule has 0 unspecified atom stereocenters. The molecule has 1 rings (SSSR count). The van der Waals surface area contributed by atoms with Crippen molar-refractivity contribution >= 4 is 5.96 Å². The van der Waals surface area contributed by atoms with Crippen molar-refractivity contribution in [3.63, 3.8) is 0 Å². The first-order chi connectivity index (χ1) is 9.30. The zero-order chi connectivity index (χ0) is 13.9. The van der Waals surface area contributed by atoms with Crippen LogP contribution in [0.15, 0.2) is 41.9 Å². The van der Waals surface area contributed by atoms with Gasteiger partial charge in [-0.1, -0.05) is 18.2 Å². The van der Waals surface area contributed by atoms with Gasteiger partial charge in [-0.3, -0.25) is 4.99 Å². The predicted molar refractivity (Wildman–Crippen MR) is 80.9 cm³/mol. The molecule has 104 valence electrons. The Morgan fingerprint density at radius 2 is 2.26 bits per heavy atom. The van der Waals surface area contributed by atoms with E-state index in [0.717, 1.165) is 37.6 Å². The Morgan fingerprint density at radius 1 is 1.42 bits per heavy atom. The van der Waals surface area contributed by atoms with Crippen molar-refractivity contribution in [2.24, 2.45) is 4.99 Å². The normalized spacial score (nSPS) is 10.9. The second kappa shape index (κ2) is 9.03. The summed E-state index contributed by atoms with van der Waals surface area (Å²) >= 11 is 0. The van der Waals surface area contributed by atoms with E-state index < -0.39 is 0 Å². The fraction of sp³-hybridized carbons (Fsp3) is 0.400. The van der Waals surface area contributed by atoms with Gasteiger partial charge in [0, 0.05) is 20.1 Å². The van der Waals surface area contributed by atoms with Crippen LogP contribution in [0.1, 0.15) is 12.0 Å². The minimum absolute atomic E-state index is 0.718. The Kier molecular flexibility index (Phi) is 7.17. The molecule has 0 atom stereocenters. The molecule has 0 aliphatic rings. The Bertz CT molecular complexity index is 416. The van der Waals surface area contributed by atoms with Gasteiger partial charge in [0.05, 0.1) is 7.11 Å². The van der Waals surface area contributed by atoms with Crippen LogP contribution < -0.4 is 15.4 Å². The van der Waals surface area contributed by atoms with Gasteiger partial charge in [0.25, 0.3) is 0 Å². The summed E-state index contributed by atoms with van der Waals surface area (Å²) in [5, 5.41) is 6.40. The van der Waals surface area contributed by atoms with Crippen LogP contribution >= 0.6 is 0 Å². The fourth-order valence-electron chi connectivity index (χ4n) is 1.72. The lowest BCUT2D eigenvalue weighted by molar-refractivity contribution is 0.414. The summed E-state index contributed by atoms with van der Waals surface area (Å²) in [7, 11) is 3.45. The van der Waals surface area contributed by atoms with Crippen LogP contribution in [-0.4, -0.2) is 33.2 Å². The molecule has 0 bridgehead atoms. The lowest BCUT2D eigenvalue weighted by Gasteiger charge is -2.10. The molecule has 0 saturated heterocycles. The van der Waals surface area contributed by atoms with Gasteiger partial charge in [-0.2, -0.15) is 0 Å². The van der Waals surface area contributed by atoms with Gasteiger partial charge < -0.3 is 15.4 Å². The molecule has 0 radical (unpaired) electrons. The molecule has 0 saturated carbocycles. The second-order valence-electron chi connectivity index (χ2n) is 4.12. The highest BCUT2D eigenvalue weighted by Gasteiger charge is 1.98. The molecule has 4 nitrogen and oxygen atoms in total. The van der Waals surface area contributed by atoms with Crippen molar-refractivity contribution in [2.75, 3.05) is 27.2 Å². The van der Waals surface area contributed by atoms with Crippen LogP contribution in [-0.2, 0) is 6.42 Å². The number of aliphatic imine (C=N–C) groups is 1. The van der Waals surface area contributed by atoms with Crippen LogP contribution in [0.3, 0.4) is 0 Å². The third kappa shape index (κ3) is 5.95. The second-order valence-corrected chi connectivity index (χ2v) is 4.12. The summed E-state index contributed by atoms with van der Waals surface area (Å²) in [6, 6.07) is 8.17. The quantitative estimate of drug-likeness (QED) is 0.341. The predicted octanol–water partition coefficient (Wildman–Crippen LogP) is 1.98. The molecular weight excluding hydrogens is 238 g/mol. The minimum Gasteiger partial charge on any atom is -0.497 e. The lowest BCUT2D eigenvalue weighted by atomic mass is 10.1. The summed E-state index contributed by atoms with van der Waals surface area (Å²) in [5.41, 5.74) is 1.29. The molecule has 2 N–H and O–H groups in total. The summed E-state index contributed by atoms with van der Waals surface area (Å²) in [5.74, 6) is 1.72. The van der Waals surface area contributed by atoms with Gasteiger partial charge in [0.1, 0.15) is 5.75 Å². The third-order valence-corrected chi connectivity index (χ3v) is 2.71. The molecule has 0 spiro atoms. The number of nitrogens with one attached hydrogen (secondary N) is 2. The first-order valence-corrected chi connectivity index (χ1v) is 6.48. The fourth-order valence-corrected chi connectivity index (χ4v) is 1.72. The van der Waals surface area contributed by atoms with Crippen molar-refractivity contribution in [3.05, 3.63) is 42.5 Å². The molecular formula is C15H23N3O. The number of guanidine groups is 1. The number of hydrogen-bond donors (Lipinski definition) is 2. The lowest BCUT2D eigenvalue weighted by Crippen LogP contribution is -2.37. The average Bonchev–Trinajstić information content (AvgIpc) is 2.47. The van der Waals surface area contributed by atoms with Gasteiger partial charge in [-0.25, -0.2) is 0 Å². The van der Waals surface area contributed by atoms with E-state index in [9.17, 15) is 0 Å². The van der Waals surface area contributed by atoms with Gasteiger partial charge in [0.15, 0.2) is 5.96 Å². The monoisotopic (exact) mass is 261 g/mol. The van der Waals surface area contributed by atoms with E-state index in [1.165, 1.54) is 5.56 Å². The molecule has 0 heterocycles. The van der Waals surface area contributed by atoms with E-state index in [4.69, 9.17) is 4.74 Å². The SMILES string of the molecule is C=CCNC(=NC)NCCCc1cccc(OC)c1. The smallest absolute Gasteiger partial charge is 0.191 e. The zero-order valence-electron chi connectivity index (χ0n) is 11.8. The van der Waals surface area contributed by atoms with Gasteiger partial charge in [0.2, 0.25) is 0 Å². The van der Waals surface area contributed by atoms with E-state index in [2.05, 4.69) is 34.3 Å². The molecule has 0 amide bonds. The van der Waals surface area contributed by atoms with Crippen molar-refractivity contribution in [1.29, 1.82) is 0 Å². The summed E-state index contributed by atoms with van der Waals surface area (Å²) in [6.45, 7) is 5.26. The molecule has 0 fully saturated rings. The van der Waals surface area contributed by atoms with E-state index in [-0.39, 0.29) is 0 Å². The molecule has 0 aliphatic carbocycles. The third-order valence-electron chi connectivity index (χ3n) is 2.71. The number of hydrogen-bond acceptors (Lipinski definition) is 2. The van der Waals surface area contributed by atoms with Crippen LogP contribution in [0.2, 0.25) is 0 Å². The van der Waals surface area contributed by atoms with Crippen molar-refractivity contribution in [2.45, 2.75) is 12.8 Å². The number of benzene rings is 1. The van der Waals surface area contributed by atoms with E-state index in [1.54, 1.807) is 14.2 Å². The minimum atomic E-state index is 0.718. The Hall–Kier alpha value is -1.97. The van der Waals surface area contributed by atoms with E-state index >= 15 is 0 Å². The van der Waals surface area contributed by atoms with Gasteiger partial charge >= 0.3 is 0 Å². The molecule has 4 heteroatoms. The van der Waals surface area contributed by atoms with Crippen LogP contribution in [0.5, 0.6) is 5.75 Å². The van der Waals surface area contributed by atoms with Crippen molar-refractivity contribution < 1.29 is 4.74 Å². The first-order valence-electron chi connectivity index (χ1n) is 6.48. The molecule has 1 aromatic rings. The largest absolute Gasteiger partial charge is 0.497 e. The Morgan fingerprint density at radius 3 is 2.95 bits per heavy atom. The number of nitrogens with zero attached hydrogens (tertiary/aromatic N) is 1. The first kappa shape index (κ1) is 15.1. The zero-order valence-corrected chi connectivity index (χ0v) is 11.8. The molecule has 0 aliphatic heterocycles.